The lowest BCUT2D eigenvalue weighted by molar-refractivity contribution is -0.113. The number of nitrogens with zero attached hydrogens (tertiary/aromatic N) is 3. The maximum absolute atomic E-state index is 13.9. The van der Waals surface area contributed by atoms with Crippen LogP contribution in [-0.2, 0) is 17.8 Å². The van der Waals surface area contributed by atoms with Crippen LogP contribution in [0.4, 0.5) is 5.69 Å². The zero-order valence-electron chi connectivity index (χ0n) is 20.1. The molecule has 6 nitrogen and oxygen atoms in total. The second-order valence-electron chi connectivity index (χ2n) is 8.88. The Morgan fingerprint density at radius 1 is 1.09 bits per heavy atom. The zero-order chi connectivity index (χ0) is 24.5. The van der Waals surface area contributed by atoms with Crippen molar-refractivity contribution in [1.29, 1.82) is 0 Å². The Hall–Kier alpha value is -2.94. The molecule has 0 unspecified atom stereocenters. The standard InChI is InChI=1S/C27H28N4O2S2/c1-4-30-14-13-21-22(15-30)35-25-24(21)26(33)31(20-11-7-18(3)8-12-20)27(29-25)34-16-23(32)28-19-9-5-17(2)6-10-19/h5-12H,4,13-16H2,1-3H3,(H,28,32). The summed E-state index contributed by atoms with van der Waals surface area (Å²) in [7, 11) is 0. The highest BCUT2D eigenvalue weighted by Gasteiger charge is 2.25. The molecule has 0 bridgehead atoms. The average molecular weight is 505 g/mol. The van der Waals surface area contributed by atoms with E-state index >= 15 is 0 Å². The Bertz CT molecular complexity index is 1440. The summed E-state index contributed by atoms with van der Waals surface area (Å²) >= 11 is 2.90. The summed E-state index contributed by atoms with van der Waals surface area (Å²) < 4.78 is 1.67. The SMILES string of the molecule is CCN1CCc2c(sc3nc(SCC(=O)Nc4ccc(C)cc4)n(-c4ccc(C)cc4)c(=O)c23)C1. The number of fused-ring (bicyclic) bond motifs is 3. The predicted molar refractivity (Wildman–Crippen MR) is 145 cm³/mol. The van der Waals surface area contributed by atoms with Gasteiger partial charge in [-0.25, -0.2) is 4.98 Å². The molecular formula is C27H28N4O2S2. The number of aryl methyl sites for hydroxylation is 2. The first-order valence-electron chi connectivity index (χ1n) is 11.8. The molecule has 5 rings (SSSR count). The average Bonchev–Trinajstić information content (AvgIpc) is 3.22. The minimum Gasteiger partial charge on any atom is -0.325 e. The van der Waals surface area contributed by atoms with Gasteiger partial charge in [0.1, 0.15) is 4.83 Å². The van der Waals surface area contributed by atoms with E-state index in [1.807, 2.05) is 62.4 Å². The van der Waals surface area contributed by atoms with Gasteiger partial charge in [-0.05, 0) is 56.6 Å². The van der Waals surface area contributed by atoms with Crippen LogP contribution in [0.2, 0.25) is 0 Å². The van der Waals surface area contributed by atoms with Crippen molar-refractivity contribution in [3.63, 3.8) is 0 Å². The molecule has 0 aliphatic carbocycles. The third kappa shape index (κ3) is 4.91. The number of likely N-dealkylation sites (N-methyl/N-ethyl adjacent to an activating group) is 1. The van der Waals surface area contributed by atoms with Crippen LogP contribution in [0.3, 0.4) is 0 Å². The molecule has 0 radical (unpaired) electrons. The molecule has 35 heavy (non-hydrogen) atoms. The predicted octanol–water partition coefficient (Wildman–Crippen LogP) is 5.17. The van der Waals surface area contributed by atoms with Crippen molar-refractivity contribution < 1.29 is 4.79 Å². The van der Waals surface area contributed by atoms with Crippen LogP contribution in [0.15, 0.2) is 58.5 Å². The Morgan fingerprint density at radius 3 is 2.46 bits per heavy atom. The Balaban J connectivity index is 1.51. The van der Waals surface area contributed by atoms with Gasteiger partial charge < -0.3 is 5.32 Å². The molecule has 8 heteroatoms. The highest BCUT2D eigenvalue weighted by molar-refractivity contribution is 7.99. The van der Waals surface area contributed by atoms with Gasteiger partial charge in [0.25, 0.3) is 5.56 Å². The highest BCUT2D eigenvalue weighted by Crippen LogP contribution is 2.34. The lowest BCUT2D eigenvalue weighted by Gasteiger charge is -2.25. The number of benzene rings is 2. The second-order valence-corrected chi connectivity index (χ2v) is 10.9. The number of thioether (sulfide) groups is 1. The fourth-order valence-corrected chi connectivity index (χ4v) is 6.45. The van der Waals surface area contributed by atoms with E-state index in [1.165, 1.54) is 16.6 Å². The first-order valence-corrected chi connectivity index (χ1v) is 13.6. The second kappa shape index (κ2) is 9.97. The van der Waals surface area contributed by atoms with Crippen molar-refractivity contribution in [2.45, 2.75) is 38.9 Å². The number of amides is 1. The van der Waals surface area contributed by atoms with Gasteiger partial charge in [-0.15, -0.1) is 11.3 Å². The van der Waals surface area contributed by atoms with Gasteiger partial charge in [0.2, 0.25) is 5.91 Å². The minimum absolute atomic E-state index is 0.0530. The fraction of sp³-hybridized carbons (Fsp3) is 0.296. The molecule has 0 saturated heterocycles. The number of thiophene rings is 1. The molecule has 0 atom stereocenters. The van der Waals surface area contributed by atoms with Gasteiger partial charge in [-0.1, -0.05) is 54.1 Å². The summed E-state index contributed by atoms with van der Waals surface area (Å²) in [5, 5.41) is 4.20. The molecule has 0 saturated carbocycles. The minimum atomic E-state index is -0.132. The molecule has 2 aromatic carbocycles. The summed E-state index contributed by atoms with van der Waals surface area (Å²) in [6.45, 7) is 9.00. The van der Waals surface area contributed by atoms with Crippen LogP contribution in [-0.4, -0.2) is 39.2 Å². The van der Waals surface area contributed by atoms with E-state index < -0.39 is 0 Å². The van der Waals surface area contributed by atoms with Crippen molar-refractivity contribution in [1.82, 2.24) is 14.5 Å². The number of carbonyl (C=O) groups is 1. The number of anilines is 1. The third-order valence-corrected chi connectivity index (χ3v) is 8.38. The number of nitrogens with one attached hydrogen (secondary N) is 1. The van der Waals surface area contributed by atoms with Crippen LogP contribution in [0.1, 0.15) is 28.5 Å². The Morgan fingerprint density at radius 2 is 1.77 bits per heavy atom. The molecule has 3 heterocycles. The molecule has 0 fully saturated rings. The summed E-state index contributed by atoms with van der Waals surface area (Å²) in [5.41, 5.74) is 4.87. The van der Waals surface area contributed by atoms with Crippen LogP contribution >= 0.6 is 23.1 Å². The van der Waals surface area contributed by atoms with Gasteiger partial charge in [0.05, 0.1) is 16.8 Å². The van der Waals surface area contributed by atoms with E-state index in [4.69, 9.17) is 4.98 Å². The van der Waals surface area contributed by atoms with Gasteiger partial charge in [-0.2, -0.15) is 0 Å². The van der Waals surface area contributed by atoms with Crippen molar-refractivity contribution in [2.24, 2.45) is 0 Å². The summed E-state index contributed by atoms with van der Waals surface area (Å²) in [4.78, 5) is 35.9. The van der Waals surface area contributed by atoms with E-state index in [1.54, 1.807) is 15.9 Å². The van der Waals surface area contributed by atoms with Crippen LogP contribution in [0, 0.1) is 13.8 Å². The molecule has 1 aliphatic heterocycles. The number of hydrogen-bond donors (Lipinski definition) is 1. The van der Waals surface area contributed by atoms with Crippen molar-refractivity contribution in [2.75, 3.05) is 24.2 Å². The monoisotopic (exact) mass is 504 g/mol. The first-order chi connectivity index (χ1) is 16.9. The number of rotatable bonds is 6. The van der Waals surface area contributed by atoms with E-state index in [0.29, 0.717) is 5.16 Å². The largest absolute Gasteiger partial charge is 0.325 e. The van der Waals surface area contributed by atoms with Crippen molar-refractivity contribution >= 4 is 44.9 Å². The maximum atomic E-state index is 13.9. The van der Waals surface area contributed by atoms with Gasteiger partial charge >= 0.3 is 0 Å². The highest BCUT2D eigenvalue weighted by atomic mass is 32.2. The van der Waals surface area contributed by atoms with E-state index in [0.717, 1.165) is 64.3 Å². The third-order valence-electron chi connectivity index (χ3n) is 6.33. The Labute approximate surface area is 213 Å². The van der Waals surface area contributed by atoms with Crippen LogP contribution in [0.25, 0.3) is 15.9 Å². The topological polar surface area (TPSA) is 67.2 Å². The smallest absolute Gasteiger partial charge is 0.267 e. The van der Waals surface area contributed by atoms with E-state index in [-0.39, 0.29) is 17.2 Å². The Kier molecular flexibility index (Phi) is 6.77. The molecule has 1 aliphatic rings. The van der Waals surface area contributed by atoms with E-state index in [2.05, 4.69) is 17.1 Å². The molecule has 180 valence electrons. The van der Waals surface area contributed by atoms with Crippen molar-refractivity contribution in [3.05, 3.63) is 80.5 Å². The van der Waals surface area contributed by atoms with Crippen molar-refractivity contribution in [3.8, 4) is 5.69 Å². The van der Waals surface area contributed by atoms with Crippen LogP contribution in [0.5, 0.6) is 0 Å². The molecule has 2 aromatic heterocycles. The molecule has 4 aromatic rings. The summed E-state index contributed by atoms with van der Waals surface area (Å²) in [5.74, 6) is 0.0274. The quantitative estimate of drug-likeness (QED) is 0.290. The number of carbonyl (C=O) groups excluding carboxylic acids is 1. The summed E-state index contributed by atoms with van der Waals surface area (Å²) in [6.07, 6.45) is 0.861. The molecular weight excluding hydrogens is 476 g/mol. The summed E-state index contributed by atoms with van der Waals surface area (Å²) in [6, 6.07) is 15.6. The fourth-order valence-electron chi connectivity index (χ4n) is 4.33. The normalized spacial score (nSPS) is 13.7. The molecule has 1 amide bonds. The van der Waals surface area contributed by atoms with Gasteiger partial charge in [0, 0.05) is 23.7 Å². The lowest BCUT2D eigenvalue weighted by Crippen LogP contribution is -2.30. The number of hydrogen-bond acceptors (Lipinski definition) is 6. The van der Waals surface area contributed by atoms with E-state index in [9.17, 15) is 9.59 Å². The lowest BCUT2D eigenvalue weighted by atomic mass is 10.1. The molecule has 0 spiro atoms. The molecule has 1 N–H and O–H groups in total. The number of aromatic nitrogens is 2. The van der Waals surface area contributed by atoms with Gasteiger partial charge in [0.15, 0.2) is 5.16 Å². The zero-order valence-corrected chi connectivity index (χ0v) is 21.8. The van der Waals surface area contributed by atoms with Crippen LogP contribution < -0.4 is 10.9 Å². The first kappa shape index (κ1) is 23.8. The van der Waals surface area contributed by atoms with Gasteiger partial charge in [-0.3, -0.25) is 19.1 Å². The maximum Gasteiger partial charge on any atom is 0.267 e.